The van der Waals surface area contributed by atoms with Crippen molar-refractivity contribution < 1.29 is 13.5 Å². The maximum atomic E-state index is 13.2. The summed E-state index contributed by atoms with van der Waals surface area (Å²) in [6.45, 7) is 4.72. The molecule has 0 aliphatic heterocycles. The van der Waals surface area contributed by atoms with Crippen molar-refractivity contribution in [2.75, 3.05) is 0 Å². The topological polar surface area (TPSA) is 21.3 Å². The zero-order chi connectivity index (χ0) is 14.5. The van der Waals surface area contributed by atoms with Gasteiger partial charge in [0, 0.05) is 36.3 Å². The lowest BCUT2D eigenvalue weighted by Gasteiger charge is -2.13. The summed E-state index contributed by atoms with van der Waals surface area (Å²) in [5.74, 6) is -0.569. The Morgan fingerprint density at radius 1 is 1.05 bits per heavy atom. The third-order valence-electron chi connectivity index (χ3n) is 2.74. The molecule has 2 rings (SSSR count). The van der Waals surface area contributed by atoms with Gasteiger partial charge in [0.25, 0.3) is 0 Å². The lowest BCUT2D eigenvalue weighted by atomic mass is 10.2. The molecule has 2 nitrogen and oxygen atoms in total. The molecule has 0 fully saturated rings. The Morgan fingerprint density at radius 3 is 2.35 bits per heavy atom. The normalized spacial score (nSPS) is 10.8. The number of benzene rings is 2. The minimum absolute atomic E-state index is 0.152. The molecule has 0 aliphatic carbocycles. The van der Waals surface area contributed by atoms with Gasteiger partial charge in [0.1, 0.15) is 23.1 Å². The van der Waals surface area contributed by atoms with Gasteiger partial charge < -0.3 is 10.1 Å². The van der Waals surface area contributed by atoms with E-state index in [4.69, 9.17) is 4.74 Å². The summed E-state index contributed by atoms with van der Waals surface area (Å²) in [5.41, 5.74) is 0.936. The Hall–Kier alpha value is -1.94. The van der Waals surface area contributed by atoms with E-state index in [-0.39, 0.29) is 5.75 Å². The first kappa shape index (κ1) is 14.5. The SMILES string of the molecule is CC(C)NCc1ccccc1Oc1cc(F)cc(F)c1. The molecule has 0 heterocycles. The summed E-state index contributed by atoms with van der Waals surface area (Å²) < 4.78 is 31.9. The first-order valence-corrected chi connectivity index (χ1v) is 6.50. The third-order valence-corrected chi connectivity index (χ3v) is 2.74. The fourth-order valence-corrected chi connectivity index (χ4v) is 1.78. The molecule has 0 aromatic heterocycles. The van der Waals surface area contributed by atoms with E-state index in [1.165, 1.54) is 0 Å². The van der Waals surface area contributed by atoms with Crippen LogP contribution < -0.4 is 10.1 Å². The molecule has 0 saturated heterocycles. The Morgan fingerprint density at radius 2 is 1.70 bits per heavy atom. The average Bonchev–Trinajstić information content (AvgIpc) is 2.36. The van der Waals surface area contributed by atoms with E-state index in [9.17, 15) is 8.78 Å². The molecule has 0 saturated carbocycles. The monoisotopic (exact) mass is 277 g/mol. The van der Waals surface area contributed by atoms with E-state index in [0.29, 0.717) is 18.3 Å². The second-order valence-electron chi connectivity index (χ2n) is 4.85. The van der Waals surface area contributed by atoms with E-state index in [2.05, 4.69) is 5.32 Å². The van der Waals surface area contributed by atoms with Gasteiger partial charge in [-0.2, -0.15) is 0 Å². The van der Waals surface area contributed by atoms with Crippen molar-refractivity contribution in [2.24, 2.45) is 0 Å². The van der Waals surface area contributed by atoms with Crippen LogP contribution in [0.2, 0.25) is 0 Å². The van der Waals surface area contributed by atoms with Gasteiger partial charge in [-0.3, -0.25) is 0 Å². The molecule has 1 N–H and O–H groups in total. The van der Waals surface area contributed by atoms with Gasteiger partial charge >= 0.3 is 0 Å². The van der Waals surface area contributed by atoms with Gasteiger partial charge in [-0.1, -0.05) is 32.0 Å². The van der Waals surface area contributed by atoms with Crippen molar-refractivity contribution in [1.82, 2.24) is 5.32 Å². The molecule has 0 spiro atoms. The smallest absolute Gasteiger partial charge is 0.133 e. The van der Waals surface area contributed by atoms with Gasteiger partial charge in [0.2, 0.25) is 0 Å². The summed E-state index contributed by atoms with van der Waals surface area (Å²) in [5, 5.41) is 3.28. The molecule has 2 aromatic rings. The molecule has 0 aliphatic rings. The van der Waals surface area contributed by atoms with Crippen molar-refractivity contribution in [2.45, 2.75) is 26.4 Å². The van der Waals surface area contributed by atoms with Crippen LogP contribution in [-0.2, 0) is 6.54 Å². The molecule has 4 heteroatoms. The zero-order valence-electron chi connectivity index (χ0n) is 11.5. The van der Waals surface area contributed by atoms with Crippen LogP contribution in [0.4, 0.5) is 8.78 Å². The van der Waals surface area contributed by atoms with Crippen molar-refractivity contribution >= 4 is 0 Å². The molecule has 0 atom stereocenters. The summed E-state index contributed by atoms with van der Waals surface area (Å²) in [6.07, 6.45) is 0. The quantitative estimate of drug-likeness (QED) is 0.882. The first-order valence-electron chi connectivity index (χ1n) is 6.50. The Kier molecular flexibility index (Phi) is 4.69. The number of nitrogens with one attached hydrogen (secondary N) is 1. The predicted octanol–water partition coefficient (Wildman–Crippen LogP) is 4.26. The number of para-hydroxylation sites is 1. The lowest BCUT2D eigenvalue weighted by Crippen LogP contribution is -2.22. The molecule has 0 amide bonds. The van der Waals surface area contributed by atoms with Crippen LogP contribution in [0, 0.1) is 11.6 Å². The summed E-state index contributed by atoms with van der Waals surface area (Å²) >= 11 is 0. The average molecular weight is 277 g/mol. The molecule has 20 heavy (non-hydrogen) atoms. The lowest BCUT2D eigenvalue weighted by molar-refractivity contribution is 0.458. The van der Waals surface area contributed by atoms with Crippen molar-refractivity contribution in [1.29, 1.82) is 0 Å². The van der Waals surface area contributed by atoms with Crippen LogP contribution in [0.25, 0.3) is 0 Å². The second kappa shape index (κ2) is 6.48. The maximum Gasteiger partial charge on any atom is 0.133 e. The van der Waals surface area contributed by atoms with Crippen LogP contribution >= 0.6 is 0 Å². The van der Waals surface area contributed by atoms with E-state index in [1.807, 2.05) is 32.0 Å². The van der Waals surface area contributed by atoms with E-state index in [0.717, 1.165) is 23.8 Å². The van der Waals surface area contributed by atoms with Gasteiger partial charge in [0.15, 0.2) is 0 Å². The maximum absolute atomic E-state index is 13.2. The Balaban J connectivity index is 2.20. The van der Waals surface area contributed by atoms with Gasteiger partial charge in [-0.05, 0) is 6.07 Å². The highest BCUT2D eigenvalue weighted by molar-refractivity contribution is 5.38. The minimum atomic E-state index is -0.655. The highest BCUT2D eigenvalue weighted by Gasteiger charge is 2.07. The molecular formula is C16H17F2NO. The number of halogens is 2. The molecule has 2 aromatic carbocycles. The summed E-state index contributed by atoms with van der Waals surface area (Å²) in [6, 6.07) is 10.9. The molecule has 0 bridgehead atoms. The van der Waals surface area contributed by atoms with Crippen molar-refractivity contribution in [3.63, 3.8) is 0 Å². The number of rotatable bonds is 5. The first-order chi connectivity index (χ1) is 9.54. The molecule has 0 unspecified atom stereocenters. The van der Waals surface area contributed by atoms with E-state index in [1.54, 1.807) is 6.07 Å². The minimum Gasteiger partial charge on any atom is -0.457 e. The fraction of sp³-hybridized carbons (Fsp3) is 0.250. The highest BCUT2D eigenvalue weighted by atomic mass is 19.1. The van der Waals surface area contributed by atoms with Gasteiger partial charge in [-0.15, -0.1) is 0 Å². The molecular weight excluding hydrogens is 260 g/mol. The van der Waals surface area contributed by atoms with Crippen molar-refractivity contribution in [3.8, 4) is 11.5 Å². The van der Waals surface area contributed by atoms with Crippen LogP contribution in [0.15, 0.2) is 42.5 Å². The highest BCUT2D eigenvalue weighted by Crippen LogP contribution is 2.26. The van der Waals surface area contributed by atoms with Crippen LogP contribution in [0.5, 0.6) is 11.5 Å². The van der Waals surface area contributed by atoms with Gasteiger partial charge in [-0.25, -0.2) is 8.78 Å². The molecule has 0 radical (unpaired) electrons. The second-order valence-corrected chi connectivity index (χ2v) is 4.85. The van der Waals surface area contributed by atoms with Crippen LogP contribution in [-0.4, -0.2) is 6.04 Å². The Bertz CT molecular complexity index is 564. The van der Waals surface area contributed by atoms with Crippen LogP contribution in [0.1, 0.15) is 19.4 Å². The summed E-state index contributed by atoms with van der Waals surface area (Å²) in [7, 11) is 0. The third kappa shape index (κ3) is 4.03. The predicted molar refractivity (Wildman–Crippen MR) is 74.8 cm³/mol. The number of hydrogen-bond acceptors (Lipinski definition) is 2. The number of hydrogen-bond donors (Lipinski definition) is 1. The van der Waals surface area contributed by atoms with E-state index < -0.39 is 11.6 Å². The Labute approximate surface area is 117 Å². The van der Waals surface area contributed by atoms with Crippen molar-refractivity contribution in [3.05, 3.63) is 59.7 Å². The number of ether oxygens (including phenoxy) is 1. The van der Waals surface area contributed by atoms with Crippen LogP contribution in [0.3, 0.4) is 0 Å². The summed E-state index contributed by atoms with van der Waals surface area (Å²) in [4.78, 5) is 0. The molecule has 106 valence electrons. The zero-order valence-corrected chi connectivity index (χ0v) is 11.5. The standard InChI is InChI=1S/C16H17F2NO/c1-11(2)19-10-12-5-3-4-6-16(12)20-15-8-13(17)7-14(18)9-15/h3-9,11,19H,10H2,1-2H3. The van der Waals surface area contributed by atoms with Gasteiger partial charge in [0.05, 0.1) is 0 Å². The van der Waals surface area contributed by atoms with E-state index >= 15 is 0 Å². The fourth-order valence-electron chi connectivity index (χ4n) is 1.78. The largest absolute Gasteiger partial charge is 0.457 e.